The first-order valence-electron chi connectivity index (χ1n) is 12.6. The minimum atomic E-state index is -0.347. The summed E-state index contributed by atoms with van der Waals surface area (Å²) >= 11 is 0. The second kappa shape index (κ2) is 11.2. The zero-order chi connectivity index (χ0) is 25.8. The minimum absolute atomic E-state index is 0.252. The molecule has 1 aliphatic rings. The number of aromatic nitrogens is 2. The number of allylic oxidation sites excluding steroid dienone is 1. The number of phenols is 1. The van der Waals surface area contributed by atoms with Crippen LogP contribution in [0.2, 0.25) is 0 Å². The van der Waals surface area contributed by atoms with Crippen molar-refractivity contribution >= 4 is 17.0 Å². The molecule has 0 amide bonds. The van der Waals surface area contributed by atoms with Gasteiger partial charge in [-0.05, 0) is 61.3 Å². The van der Waals surface area contributed by atoms with Gasteiger partial charge >= 0.3 is 5.97 Å². The Labute approximate surface area is 212 Å². The van der Waals surface area contributed by atoms with Gasteiger partial charge in [0, 0.05) is 31.1 Å². The second-order valence-electron chi connectivity index (χ2n) is 10.2. The molecule has 3 aromatic rings. The van der Waals surface area contributed by atoms with Gasteiger partial charge in [0.25, 0.3) is 0 Å². The van der Waals surface area contributed by atoms with Gasteiger partial charge in [0.05, 0.1) is 30.8 Å². The third-order valence-electron chi connectivity index (χ3n) is 7.46. The van der Waals surface area contributed by atoms with Crippen LogP contribution in [-0.2, 0) is 17.7 Å². The molecule has 7 heteroatoms. The third kappa shape index (κ3) is 5.73. The fourth-order valence-electron chi connectivity index (χ4n) is 5.34. The monoisotopic (exact) mass is 491 g/mol. The van der Waals surface area contributed by atoms with E-state index in [0.29, 0.717) is 41.5 Å². The summed E-state index contributed by atoms with van der Waals surface area (Å²) in [6.07, 6.45) is 4.37. The first kappa shape index (κ1) is 25.8. The number of benzene rings is 2. The molecule has 3 N–H and O–H groups in total. The second-order valence-corrected chi connectivity index (χ2v) is 10.2. The van der Waals surface area contributed by atoms with Gasteiger partial charge < -0.3 is 24.9 Å². The molecule has 192 valence electrons. The number of ether oxygens (including phenoxy) is 2. The number of fused-ring (bicyclic) bond motifs is 1. The molecule has 1 aliphatic carbocycles. The van der Waals surface area contributed by atoms with Gasteiger partial charge in [0.15, 0.2) is 0 Å². The normalized spacial score (nSPS) is 19.9. The molecule has 36 heavy (non-hydrogen) atoms. The number of methoxy groups -OCH3 is 2. The summed E-state index contributed by atoms with van der Waals surface area (Å²) < 4.78 is 10.0. The summed E-state index contributed by atoms with van der Waals surface area (Å²) in [4.78, 5) is 20.1. The Morgan fingerprint density at radius 1 is 1.22 bits per heavy atom. The Kier molecular flexibility index (Phi) is 7.99. The van der Waals surface area contributed by atoms with Crippen LogP contribution in [0.15, 0.2) is 48.0 Å². The van der Waals surface area contributed by atoms with Crippen LogP contribution in [0.25, 0.3) is 11.0 Å². The summed E-state index contributed by atoms with van der Waals surface area (Å²) in [5.74, 6) is 3.45. The number of aromatic hydroxyl groups is 1. The van der Waals surface area contributed by atoms with E-state index in [4.69, 9.17) is 14.5 Å². The predicted molar refractivity (Wildman–Crippen MR) is 141 cm³/mol. The Bertz CT molecular complexity index is 1250. The molecular formula is C29H37N3O4. The fourth-order valence-corrected chi connectivity index (χ4v) is 5.34. The van der Waals surface area contributed by atoms with Crippen LogP contribution in [0.5, 0.6) is 11.5 Å². The maximum absolute atomic E-state index is 11.9. The molecular weight excluding hydrogens is 454 g/mol. The number of aromatic amines is 1. The molecule has 0 radical (unpaired) electrons. The van der Waals surface area contributed by atoms with E-state index in [1.807, 2.05) is 18.2 Å². The number of carbonyl (C=O) groups excluding carboxylic acids is 1. The Balaban J connectivity index is 1.43. The molecule has 0 saturated heterocycles. The highest BCUT2D eigenvalue weighted by Gasteiger charge is 2.32. The highest BCUT2D eigenvalue weighted by Crippen LogP contribution is 2.38. The molecule has 0 aliphatic heterocycles. The average Bonchev–Trinajstić information content (AvgIpc) is 3.27. The first-order valence-corrected chi connectivity index (χ1v) is 12.6. The summed E-state index contributed by atoms with van der Waals surface area (Å²) in [5.41, 5.74) is 4.49. The largest absolute Gasteiger partial charge is 0.507 e. The number of hydrogen-bond donors (Lipinski definition) is 3. The van der Waals surface area contributed by atoms with Gasteiger partial charge in [-0.3, -0.25) is 0 Å². The number of hydrogen-bond acceptors (Lipinski definition) is 6. The van der Waals surface area contributed by atoms with Crippen LogP contribution >= 0.6 is 0 Å². The van der Waals surface area contributed by atoms with E-state index in [1.54, 1.807) is 25.3 Å². The van der Waals surface area contributed by atoms with Crippen molar-refractivity contribution in [2.45, 2.75) is 40.2 Å². The van der Waals surface area contributed by atoms with Crippen LogP contribution in [0.4, 0.5) is 0 Å². The maximum atomic E-state index is 11.9. The van der Waals surface area contributed by atoms with E-state index in [-0.39, 0.29) is 11.7 Å². The molecule has 3 unspecified atom stereocenters. The molecule has 3 atom stereocenters. The summed E-state index contributed by atoms with van der Waals surface area (Å²) in [6, 6.07) is 10.8. The number of imidazole rings is 1. The van der Waals surface area contributed by atoms with E-state index >= 15 is 0 Å². The van der Waals surface area contributed by atoms with Gasteiger partial charge in [-0.1, -0.05) is 31.6 Å². The van der Waals surface area contributed by atoms with E-state index in [1.165, 1.54) is 12.7 Å². The molecule has 0 fully saturated rings. The summed E-state index contributed by atoms with van der Waals surface area (Å²) in [7, 11) is 2.98. The molecule has 7 nitrogen and oxygen atoms in total. The van der Waals surface area contributed by atoms with Crippen molar-refractivity contribution in [3.63, 3.8) is 0 Å². The zero-order valence-electron chi connectivity index (χ0n) is 21.8. The fraction of sp³-hybridized carbons (Fsp3) is 0.448. The molecule has 0 saturated carbocycles. The number of rotatable bonds is 9. The smallest absolute Gasteiger partial charge is 0.337 e. The molecule has 0 bridgehead atoms. The molecule has 1 aromatic heterocycles. The highest BCUT2D eigenvalue weighted by molar-refractivity contribution is 5.93. The molecule has 2 aromatic carbocycles. The van der Waals surface area contributed by atoms with E-state index in [2.05, 4.69) is 37.1 Å². The quantitative estimate of drug-likeness (QED) is 0.279. The van der Waals surface area contributed by atoms with Crippen LogP contribution in [-0.4, -0.2) is 41.8 Å². The SMILES string of the molecule is COC(=O)c1ccc2nc(CC3CC(C(C)C)C(CNCc4ccc(OC)cc4O)C=C3C)[nH]c2c1. The van der Waals surface area contributed by atoms with Gasteiger partial charge in [0.1, 0.15) is 17.3 Å². The number of nitrogens with zero attached hydrogens (tertiary/aromatic N) is 1. The standard InChI is InChI=1S/C29H37N3O4/c1-17(2)24-11-21(13-28-31-25-9-7-19(29(34)36-5)12-26(25)32-28)18(3)10-22(24)16-30-15-20-6-8-23(35-4)14-27(20)33/h6-10,12,14,17,21-22,24,30,33H,11,13,15-16H2,1-5H3,(H,31,32). The maximum Gasteiger partial charge on any atom is 0.337 e. The molecule has 1 heterocycles. The van der Waals surface area contributed by atoms with Crippen molar-refractivity contribution in [3.8, 4) is 11.5 Å². The van der Waals surface area contributed by atoms with Gasteiger partial charge in [0.2, 0.25) is 0 Å². The Morgan fingerprint density at radius 3 is 2.72 bits per heavy atom. The zero-order valence-corrected chi connectivity index (χ0v) is 21.8. The van der Waals surface area contributed by atoms with Crippen LogP contribution in [0.1, 0.15) is 48.9 Å². The Morgan fingerprint density at radius 2 is 2.03 bits per heavy atom. The predicted octanol–water partition coefficient (Wildman–Crippen LogP) is 5.25. The first-order chi connectivity index (χ1) is 17.3. The van der Waals surface area contributed by atoms with E-state index in [0.717, 1.165) is 41.8 Å². The summed E-state index contributed by atoms with van der Waals surface area (Å²) in [5, 5.41) is 13.8. The van der Waals surface area contributed by atoms with Gasteiger partial charge in [-0.25, -0.2) is 9.78 Å². The van der Waals surface area contributed by atoms with Crippen molar-refractivity contribution in [1.29, 1.82) is 0 Å². The minimum Gasteiger partial charge on any atom is -0.507 e. The number of phenolic OH excluding ortho intramolecular Hbond substituents is 1. The number of H-pyrrole nitrogens is 1. The number of nitrogens with one attached hydrogen (secondary N) is 2. The lowest BCUT2D eigenvalue weighted by Gasteiger charge is -2.37. The topological polar surface area (TPSA) is 96.5 Å². The lowest BCUT2D eigenvalue weighted by molar-refractivity contribution is 0.0601. The Hall–Kier alpha value is -3.32. The lowest BCUT2D eigenvalue weighted by Crippen LogP contribution is -2.34. The van der Waals surface area contributed by atoms with Gasteiger partial charge in [-0.15, -0.1) is 0 Å². The number of esters is 1. The van der Waals surface area contributed by atoms with Crippen LogP contribution in [0.3, 0.4) is 0 Å². The van der Waals surface area contributed by atoms with E-state index in [9.17, 15) is 9.90 Å². The highest BCUT2D eigenvalue weighted by atomic mass is 16.5. The van der Waals surface area contributed by atoms with Crippen molar-refractivity contribution in [2.75, 3.05) is 20.8 Å². The molecule has 0 spiro atoms. The number of carbonyl (C=O) groups is 1. The lowest BCUT2D eigenvalue weighted by atomic mass is 9.70. The van der Waals surface area contributed by atoms with Crippen molar-refractivity contribution in [2.24, 2.45) is 23.7 Å². The molecule has 4 rings (SSSR count). The summed E-state index contributed by atoms with van der Waals surface area (Å²) in [6.45, 7) is 8.29. The van der Waals surface area contributed by atoms with E-state index < -0.39 is 0 Å². The van der Waals surface area contributed by atoms with Crippen molar-refractivity contribution in [1.82, 2.24) is 15.3 Å². The average molecular weight is 492 g/mol. The third-order valence-corrected chi connectivity index (χ3v) is 7.46. The van der Waals surface area contributed by atoms with Crippen molar-refractivity contribution in [3.05, 3.63) is 65.0 Å². The van der Waals surface area contributed by atoms with Crippen molar-refractivity contribution < 1.29 is 19.4 Å². The van der Waals surface area contributed by atoms with Gasteiger partial charge in [-0.2, -0.15) is 0 Å². The van der Waals surface area contributed by atoms with Crippen LogP contribution in [0, 0.1) is 23.7 Å². The van der Waals surface area contributed by atoms with Crippen LogP contribution < -0.4 is 10.1 Å².